The molecule has 0 bridgehead atoms. The quantitative estimate of drug-likeness (QED) is 0.599. The van der Waals surface area contributed by atoms with E-state index in [9.17, 15) is 4.79 Å². The Balaban J connectivity index is 2.22. The van der Waals surface area contributed by atoms with Crippen molar-refractivity contribution in [1.29, 1.82) is 0 Å². The van der Waals surface area contributed by atoms with Crippen LogP contribution in [0, 0.1) is 0 Å². The molecule has 13 heavy (non-hydrogen) atoms. The van der Waals surface area contributed by atoms with Gasteiger partial charge in [0.15, 0.2) is 6.29 Å². The minimum Gasteiger partial charge on any atom is -0.345 e. The topological polar surface area (TPSA) is 22.0 Å². The number of nitrogens with zero attached hydrogens (tertiary/aromatic N) is 1. The molecule has 3 heterocycles. The summed E-state index contributed by atoms with van der Waals surface area (Å²) in [5.41, 5.74) is 3.64. The second-order valence-corrected chi connectivity index (χ2v) is 4.11. The van der Waals surface area contributed by atoms with Crippen molar-refractivity contribution >= 4 is 6.29 Å². The van der Waals surface area contributed by atoms with Crippen molar-refractivity contribution in [2.45, 2.75) is 38.1 Å². The van der Waals surface area contributed by atoms with Crippen molar-refractivity contribution < 1.29 is 4.79 Å². The Kier molecular flexibility index (Phi) is 1.40. The van der Waals surface area contributed by atoms with Crippen LogP contribution in [0.3, 0.4) is 0 Å². The molecule has 0 radical (unpaired) electrons. The summed E-state index contributed by atoms with van der Waals surface area (Å²) in [5, 5.41) is 0. The molecule has 1 atom stereocenters. The standard InChI is InChI=1S/C11H13NO/c13-7-8-6-10-3-1-2-9-4-5-11(8)12(9)10/h6-7,9H,1-5H2/t9-/m1/s1. The Morgan fingerprint density at radius 3 is 3.15 bits per heavy atom. The van der Waals surface area contributed by atoms with Gasteiger partial charge in [0.1, 0.15) is 0 Å². The highest BCUT2D eigenvalue weighted by molar-refractivity contribution is 5.77. The van der Waals surface area contributed by atoms with Gasteiger partial charge in [-0.25, -0.2) is 0 Å². The van der Waals surface area contributed by atoms with Crippen molar-refractivity contribution in [1.82, 2.24) is 4.57 Å². The number of aryl methyl sites for hydroxylation is 1. The second kappa shape index (κ2) is 2.47. The monoisotopic (exact) mass is 175 g/mol. The van der Waals surface area contributed by atoms with Crippen molar-refractivity contribution in [3.05, 3.63) is 23.0 Å². The first-order valence-corrected chi connectivity index (χ1v) is 5.08. The van der Waals surface area contributed by atoms with Crippen LogP contribution in [0.5, 0.6) is 0 Å². The first-order chi connectivity index (χ1) is 6.40. The predicted octanol–water partition coefficient (Wildman–Crippen LogP) is 2.12. The summed E-state index contributed by atoms with van der Waals surface area (Å²) in [7, 11) is 0. The average Bonchev–Trinajstić information content (AvgIpc) is 2.73. The van der Waals surface area contributed by atoms with Gasteiger partial charge in [0.05, 0.1) is 0 Å². The van der Waals surface area contributed by atoms with Crippen molar-refractivity contribution in [2.24, 2.45) is 0 Å². The highest BCUT2D eigenvalue weighted by Crippen LogP contribution is 2.38. The molecule has 3 rings (SSSR count). The molecule has 2 aliphatic heterocycles. The van der Waals surface area contributed by atoms with Gasteiger partial charge in [-0.1, -0.05) is 0 Å². The Bertz CT molecular complexity index is 364. The minimum absolute atomic E-state index is 0.715. The maximum Gasteiger partial charge on any atom is 0.151 e. The Labute approximate surface area is 77.6 Å². The van der Waals surface area contributed by atoms with E-state index in [4.69, 9.17) is 0 Å². The molecule has 1 aromatic rings. The molecule has 2 nitrogen and oxygen atoms in total. The number of carbonyl (C=O) groups is 1. The van der Waals surface area contributed by atoms with Crippen molar-refractivity contribution in [2.75, 3.05) is 0 Å². The molecule has 68 valence electrons. The fourth-order valence-electron chi connectivity index (χ4n) is 2.88. The molecule has 0 aliphatic carbocycles. The molecular formula is C11H13NO. The third-order valence-corrected chi connectivity index (χ3v) is 3.43. The van der Waals surface area contributed by atoms with E-state index in [1.807, 2.05) is 0 Å². The number of hydrogen-bond acceptors (Lipinski definition) is 1. The lowest BCUT2D eigenvalue weighted by Crippen LogP contribution is -2.13. The van der Waals surface area contributed by atoms with Gasteiger partial charge in [-0.3, -0.25) is 4.79 Å². The third-order valence-electron chi connectivity index (χ3n) is 3.43. The van der Waals surface area contributed by atoms with Gasteiger partial charge in [-0.2, -0.15) is 0 Å². The molecule has 2 heteroatoms. The van der Waals surface area contributed by atoms with Crippen LogP contribution in [0.1, 0.15) is 47.1 Å². The average molecular weight is 175 g/mol. The molecular weight excluding hydrogens is 162 g/mol. The molecule has 0 aromatic carbocycles. The molecule has 0 fully saturated rings. The number of aldehydes is 1. The van der Waals surface area contributed by atoms with Crippen LogP contribution >= 0.6 is 0 Å². The zero-order chi connectivity index (χ0) is 8.84. The summed E-state index contributed by atoms with van der Waals surface area (Å²) in [6.07, 6.45) is 7.16. The van der Waals surface area contributed by atoms with Crippen molar-refractivity contribution in [3.63, 3.8) is 0 Å². The third kappa shape index (κ3) is 0.859. The Hall–Kier alpha value is -1.05. The fraction of sp³-hybridized carbons (Fsp3) is 0.545. The summed E-state index contributed by atoms with van der Waals surface area (Å²) in [5.74, 6) is 0. The number of hydrogen-bond donors (Lipinski definition) is 0. The smallest absolute Gasteiger partial charge is 0.151 e. The first-order valence-electron chi connectivity index (χ1n) is 5.08. The van der Waals surface area contributed by atoms with Crippen LogP contribution in [0.4, 0.5) is 0 Å². The van der Waals surface area contributed by atoms with E-state index in [0.717, 1.165) is 24.7 Å². The van der Waals surface area contributed by atoms with Gasteiger partial charge in [0.2, 0.25) is 0 Å². The van der Waals surface area contributed by atoms with Gasteiger partial charge in [-0.15, -0.1) is 0 Å². The van der Waals surface area contributed by atoms with Gasteiger partial charge >= 0.3 is 0 Å². The summed E-state index contributed by atoms with van der Waals surface area (Å²) >= 11 is 0. The maximum atomic E-state index is 10.8. The van der Waals surface area contributed by atoms with E-state index < -0.39 is 0 Å². The van der Waals surface area contributed by atoms with Crippen LogP contribution in [-0.4, -0.2) is 10.9 Å². The van der Waals surface area contributed by atoms with E-state index in [-0.39, 0.29) is 0 Å². The highest BCUT2D eigenvalue weighted by Gasteiger charge is 2.29. The van der Waals surface area contributed by atoms with Gasteiger partial charge in [-0.05, 0) is 38.2 Å². The molecule has 2 aliphatic rings. The van der Waals surface area contributed by atoms with E-state index >= 15 is 0 Å². The first kappa shape index (κ1) is 7.36. The number of aromatic nitrogens is 1. The second-order valence-electron chi connectivity index (χ2n) is 4.11. The molecule has 0 unspecified atom stereocenters. The number of rotatable bonds is 1. The summed E-state index contributed by atoms with van der Waals surface area (Å²) in [6.45, 7) is 0. The van der Waals surface area contributed by atoms with Crippen LogP contribution in [0.2, 0.25) is 0 Å². The van der Waals surface area contributed by atoms with Crippen LogP contribution in [0.15, 0.2) is 6.07 Å². The molecule has 0 spiro atoms. The Morgan fingerprint density at radius 2 is 2.31 bits per heavy atom. The molecule has 0 saturated heterocycles. The lowest BCUT2D eigenvalue weighted by Gasteiger charge is -2.21. The SMILES string of the molecule is O=Cc1cc2n3c1CC[C@H]3CCC2. The summed E-state index contributed by atoms with van der Waals surface area (Å²) < 4.78 is 2.42. The van der Waals surface area contributed by atoms with Gasteiger partial charge < -0.3 is 4.57 Å². The van der Waals surface area contributed by atoms with Crippen LogP contribution in [-0.2, 0) is 12.8 Å². The predicted molar refractivity (Wildman–Crippen MR) is 50.1 cm³/mol. The molecule has 1 aromatic heterocycles. The zero-order valence-electron chi connectivity index (χ0n) is 7.62. The van der Waals surface area contributed by atoms with E-state index in [2.05, 4.69) is 10.6 Å². The largest absolute Gasteiger partial charge is 0.345 e. The van der Waals surface area contributed by atoms with Gasteiger partial charge in [0.25, 0.3) is 0 Å². The van der Waals surface area contributed by atoms with E-state index in [0.29, 0.717) is 6.04 Å². The molecule has 0 N–H and O–H groups in total. The van der Waals surface area contributed by atoms with E-state index in [1.165, 1.54) is 30.7 Å². The van der Waals surface area contributed by atoms with Crippen molar-refractivity contribution in [3.8, 4) is 0 Å². The summed E-state index contributed by atoms with van der Waals surface area (Å²) in [4.78, 5) is 10.8. The summed E-state index contributed by atoms with van der Waals surface area (Å²) in [6, 6.07) is 2.81. The number of carbonyl (C=O) groups excluding carboxylic acids is 1. The molecule has 0 amide bonds. The highest BCUT2D eigenvalue weighted by atomic mass is 16.1. The lowest BCUT2D eigenvalue weighted by molar-refractivity contribution is 0.112. The fourth-order valence-corrected chi connectivity index (χ4v) is 2.88. The minimum atomic E-state index is 0.715. The maximum absolute atomic E-state index is 10.8. The lowest BCUT2D eigenvalue weighted by atomic mass is 10.0. The van der Waals surface area contributed by atoms with Gasteiger partial charge in [0, 0.05) is 23.0 Å². The van der Waals surface area contributed by atoms with E-state index in [1.54, 1.807) is 0 Å². The Morgan fingerprint density at radius 1 is 1.38 bits per heavy atom. The zero-order valence-corrected chi connectivity index (χ0v) is 7.62. The van der Waals surface area contributed by atoms with Crippen LogP contribution < -0.4 is 0 Å². The molecule has 0 saturated carbocycles. The normalized spacial score (nSPS) is 24.5. The van der Waals surface area contributed by atoms with Crippen LogP contribution in [0.25, 0.3) is 0 Å².